The third-order valence-electron chi connectivity index (χ3n) is 4.67. The number of nitrogens with zero attached hydrogens (tertiary/aromatic N) is 3. The fraction of sp³-hybridized carbons (Fsp3) is 0.263. The molecule has 0 bridgehead atoms. The maximum atomic E-state index is 7.72. The van der Waals surface area contributed by atoms with E-state index in [1.54, 1.807) is 6.20 Å². The first-order valence-electron chi connectivity index (χ1n) is 9.47. The largest absolute Gasteiger partial charge is 0.436 e. The summed E-state index contributed by atoms with van der Waals surface area (Å²) >= 11 is 0. The van der Waals surface area contributed by atoms with Crippen LogP contribution >= 0.6 is 0 Å². The zero-order valence-electron chi connectivity index (χ0n) is 17.3. The van der Waals surface area contributed by atoms with Crippen molar-refractivity contribution in [2.75, 3.05) is 7.05 Å². The van der Waals surface area contributed by atoms with Crippen molar-refractivity contribution >= 4 is 35.7 Å². The molecule has 1 aliphatic rings. The third kappa shape index (κ3) is 2.23. The zero-order valence-corrected chi connectivity index (χ0v) is 14.3. The third-order valence-corrected chi connectivity index (χ3v) is 4.67. The SMILES string of the molecule is [2H]C([2H])([2H])c1c[n+](C)c(B2C=c3c(oc4nc(C)ccc34)=CN2C)cc1C. The first-order chi connectivity index (χ1) is 12.6. The van der Waals surface area contributed by atoms with Gasteiger partial charge in [-0.1, -0.05) is 5.98 Å². The molecule has 4 rings (SSSR count). The Hall–Kier alpha value is -2.56. The minimum absolute atomic E-state index is 0.0334. The van der Waals surface area contributed by atoms with Crippen molar-refractivity contribution in [1.82, 2.24) is 9.79 Å². The van der Waals surface area contributed by atoms with Gasteiger partial charge >= 0.3 is 6.85 Å². The summed E-state index contributed by atoms with van der Waals surface area (Å²) in [6.45, 7) is 1.64. The Balaban J connectivity index is 1.90. The molecule has 0 amide bonds. The zero-order chi connectivity index (χ0) is 19.5. The molecule has 4 heterocycles. The minimum Gasteiger partial charge on any atom is -0.436 e. The highest BCUT2D eigenvalue weighted by atomic mass is 16.3. The summed E-state index contributed by atoms with van der Waals surface area (Å²) in [7, 11) is 3.88. The molecule has 0 fully saturated rings. The van der Waals surface area contributed by atoms with Gasteiger partial charge in [0.15, 0.2) is 17.2 Å². The van der Waals surface area contributed by atoms with Crippen LogP contribution in [-0.4, -0.2) is 23.7 Å². The van der Waals surface area contributed by atoms with E-state index in [-0.39, 0.29) is 6.85 Å². The molecule has 0 aromatic carbocycles. The fourth-order valence-corrected chi connectivity index (χ4v) is 3.28. The summed E-state index contributed by atoms with van der Waals surface area (Å²) in [5.74, 6) is 2.15. The van der Waals surface area contributed by atoms with Gasteiger partial charge in [0, 0.05) is 38.2 Å². The number of furan rings is 1. The van der Waals surface area contributed by atoms with Crippen LogP contribution < -0.4 is 20.8 Å². The van der Waals surface area contributed by atoms with Gasteiger partial charge in [0.2, 0.25) is 5.71 Å². The molecule has 120 valence electrons. The van der Waals surface area contributed by atoms with Gasteiger partial charge in [0.25, 0.3) is 0 Å². The van der Waals surface area contributed by atoms with Gasteiger partial charge in [-0.05, 0) is 45.4 Å². The standard InChI is InChI=1S/C19H21BN3O/c1-12-8-18(22(4)10-13(12)2)20-9-16-15-7-6-14(3)21-19(15)24-17(16)11-23(20)5/h6-11H,1-5H3/q+1/i2D3. The lowest BCUT2D eigenvalue weighted by atomic mass is 9.55. The van der Waals surface area contributed by atoms with Crippen molar-refractivity contribution < 1.29 is 13.1 Å². The second kappa shape index (κ2) is 5.23. The molecule has 3 aromatic heterocycles. The predicted molar refractivity (Wildman–Crippen MR) is 97.2 cm³/mol. The highest BCUT2D eigenvalue weighted by Gasteiger charge is 2.30. The van der Waals surface area contributed by atoms with E-state index in [1.165, 1.54) is 0 Å². The van der Waals surface area contributed by atoms with Crippen LogP contribution in [0.5, 0.6) is 0 Å². The van der Waals surface area contributed by atoms with Gasteiger partial charge < -0.3 is 9.23 Å². The van der Waals surface area contributed by atoms with E-state index >= 15 is 0 Å². The molecule has 5 heteroatoms. The van der Waals surface area contributed by atoms with Crippen LogP contribution in [0.15, 0.2) is 28.8 Å². The number of hydrogen-bond acceptors (Lipinski definition) is 3. The van der Waals surface area contributed by atoms with E-state index in [0.29, 0.717) is 11.3 Å². The maximum Gasteiger partial charge on any atom is 0.396 e. The van der Waals surface area contributed by atoms with Crippen molar-refractivity contribution in [3.63, 3.8) is 0 Å². The van der Waals surface area contributed by atoms with Crippen LogP contribution in [0.1, 0.15) is 20.9 Å². The average molecular weight is 321 g/mol. The lowest BCUT2D eigenvalue weighted by Gasteiger charge is -2.21. The summed E-state index contributed by atoms with van der Waals surface area (Å²) in [5.41, 5.74) is 4.51. The lowest BCUT2D eigenvalue weighted by Crippen LogP contribution is -2.61. The Labute approximate surface area is 146 Å². The molecule has 1 aliphatic heterocycles. The van der Waals surface area contributed by atoms with Crippen LogP contribution in [-0.2, 0) is 7.05 Å². The Morgan fingerprint density at radius 2 is 2.12 bits per heavy atom. The maximum absolute atomic E-state index is 7.72. The van der Waals surface area contributed by atoms with E-state index in [9.17, 15) is 0 Å². The quantitative estimate of drug-likeness (QED) is 0.483. The molecule has 0 spiro atoms. The molecule has 0 N–H and O–H groups in total. The van der Waals surface area contributed by atoms with Crippen molar-refractivity contribution in [2.24, 2.45) is 7.05 Å². The molecule has 0 saturated heterocycles. The van der Waals surface area contributed by atoms with Crippen LogP contribution in [0.4, 0.5) is 0 Å². The Morgan fingerprint density at radius 3 is 2.92 bits per heavy atom. The summed E-state index contributed by atoms with van der Waals surface area (Å²) in [4.78, 5) is 6.55. The van der Waals surface area contributed by atoms with Crippen LogP contribution in [0, 0.1) is 20.7 Å². The number of fused-ring (bicyclic) bond motifs is 3. The molecule has 0 aliphatic carbocycles. The number of aryl methyl sites for hydroxylation is 4. The topological polar surface area (TPSA) is 33.1 Å². The van der Waals surface area contributed by atoms with Gasteiger partial charge in [-0.15, -0.1) is 0 Å². The number of hydrogen-bond donors (Lipinski definition) is 0. The average Bonchev–Trinajstić information content (AvgIpc) is 2.91. The first kappa shape index (κ1) is 11.9. The summed E-state index contributed by atoms with van der Waals surface area (Å²) in [6, 6.07) is 5.98. The lowest BCUT2D eigenvalue weighted by molar-refractivity contribution is -0.654. The van der Waals surface area contributed by atoms with Crippen molar-refractivity contribution in [3.05, 3.63) is 51.9 Å². The highest BCUT2D eigenvalue weighted by Crippen LogP contribution is 2.09. The molecule has 4 nitrogen and oxygen atoms in total. The van der Waals surface area contributed by atoms with Gasteiger partial charge in [-0.3, -0.25) is 0 Å². The number of aromatic nitrogens is 2. The second-order valence-corrected chi connectivity index (χ2v) is 6.50. The summed E-state index contributed by atoms with van der Waals surface area (Å²) in [6.07, 6.45) is 3.69. The Morgan fingerprint density at radius 1 is 1.29 bits per heavy atom. The number of rotatable bonds is 1. The monoisotopic (exact) mass is 321 g/mol. The van der Waals surface area contributed by atoms with Crippen LogP contribution in [0.25, 0.3) is 23.3 Å². The minimum atomic E-state index is -2.12. The van der Waals surface area contributed by atoms with Crippen LogP contribution in [0.2, 0.25) is 0 Å². The molecular formula is C19H21BN3O+. The van der Waals surface area contributed by atoms with Crippen LogP contribution in [0.3, 0.4) is 0 Å². The molecular weight excluding hydrogens is 297 g/mol. The van der Waals surface area contributed by atoms with E-state index in [0.717, 1.165) is 32.9 Å². The van der Waals surface area contributed by atoms with Crippen molar-refractivity contribution in [1.29, 1.82) is 0 Å². The van der Waals surface area contributed by atoms with Gasteiger partial charge in [-0.25, -0.2) is 9.55 Å². The number of pyridine rings is 2. The molecule has 0 unspecified atom stereocenters. The van der Waals surface area contributed by atoms with E-state index in [1.807, 2.05) is 56.9 Å². The van der Waals surface area contributed by atoms with E-state index in [4.69, 9.17) is 8.53 Å². The molecule has 0 radical (unpaired) electrons. The molecule has 0 atom stereocenters. The summed E-state index contributed by atoms with van der Waals surface area (Å²) < 4.78 is 31.0. The van der Waals surface area contributed by atoms with Gasteiger partial charge in [-0.2, -0.15) is 0 Å². The van der Waals surface area contributed by atoms with Crippen molar-refractivity contribution in [2.45, 2.75) is 20.7 Å². The highest BCUT2D eigenvalue weighted by molar-refractivity contribution is 6.82. The Bertz CT molecular complexity index is 1180. The molecule has 3 aromatic rings. The van der Waals surface area contributed by atoms with Crippen molar-refractivity contribution in [3.8, 4) is 0 Å². The Kier molecular flexibility index (Phi) is 2.59. The second-order valence-electron chi connectivity index (χ2n) is 6.50. The van der Waals surface area contributed by atoms with E-state index in [2.05, 4.69) is 15.8 Å². The van der Waals surface area contributed by atoms with Gasteiger partial charge in [0.1, 0.15) is 7.05 Å². The smallest absolute Gasteiger partial charge is 0.396 e. The van der Waals surface area contributed by atoms with E-state index < -0.39 is 6.85 Å². The summed E-state index contributed by atoms with van der Waals surface area (Å²) in [5, 5.41) is 2.02. The first-order valence-corrected chi connectivity index (χ1v) is 7.97. The fourth-order valence-electron chi connectivity index (χ4n) is 3.28. The molecule has 24 heavy (non-hydrogen) atoms. The normalized spacial score (nSPS) is 16.1. The predicted octanol–water partition coefficient (Wildman–Crippen LogP) is 0.479. The van der Waals surface area contributed by atoms with Gasteiger partial charge in [0.05, 0.1) is 0 Å². The molecule has 0 saturated carbocycles.